The van der Waals surface area contributed by atoms with Crippen LogP contribution in [0.2, 0.25) is 5.02 Å². The molecule has 0 fully saturated rings. The molecule has 29 heavy (non-hydrogen) atoms. The fourth-order valence-corrected chi connectivity index (χ4v) is 5.67. The number of rotatable bonds is 7. The average molecular weight is 449 g/mol. The molecule has 0 bridgehead atoms. The van der Waals surface area contributed by atoms with Gasteiger partial charge in [0.15, 0.2) is 0 Å². The number of benzene rings is 2. The maximum absolute atomic E-state index is 13.3. The van der Waals surface area contributed by atoms with Crippen LogP contribution in [-0.2, 0) is 33.9 Å². The van der Waals surface area contributed by atoms with Crippen LogP contribution in [0.15, 0.2) is 72.1 Å². The van der Waals surface area contributed by atoms with E-state index in [2.05, 4.69) is 4.98 Å². The van der Waals surface area contributed by atoms with Crippen LogP contribution in [0.3, 0.4) is 0 Å². The van der Waals surface area contributed by atoms with Gasteiger partial charge in [0.2, 0.25) is 0 Å². The van der Waals surface area contributed by atoms with E-state index in [1.54, 1.807) is 12.5 Å². The minimum Gasteiger partial charge on any atom is -0.336 e. The fraction of sp³-hybridized carbons (Fsp3) is 0.318. The van der Waals surface area contributed by atoms with Gasteiger partial charge in [0.25, 0.3) is 0 Å². The van der Waals surface area contributed by atoms with Crippen molar-refractivity contribution >= 4 is 33.2 Å². The van der Waals surface area contributed by atoms with Crippen LogP contribution in [-0.4, -0.2) is 22.7 Å². The van der Waals surface area contributed by atoms with Gasteiger partial charge in [-0.25, -0.2) is 4.98 Å². The van der Waals surface area contributed by atoms with E-state index in [-0.39, 0.29) is 10.00 Å². The molecule has 0 aliphatic heterocycles. The zero-order chi connectivity index (χ0) is 21.0. The van der Waals surface area contributed by atoms with E-state index in [0.717, 1.165) is 16.0 Å². The third kappa shape index (κ3) is 5.87. The number of hydrogen-bond acceptors (Lipinski definition) is 3. The molecule has 7 heteroatoms. The molecule has 1 aromatic heterocycles. The Kier molecular flexibility index (Phi) is 7.09. The predicted octanol–water partition coefficient (Wildman–Crippen LogP) is 5.13. The van der Waals surface area contributed by atoms with Crippen molar-refractivity contribution in [3.8, 4) is 0 Å². The summed E-state index contributed by atoms with van der Waals surface area (Å²) in [6.07, 6.45) is 5.32. The van der Waals surface area contributed by atoms with Gasteiger partial charge in [-0.15, -0.1) is 0 Å². The molecule has 0 aliphatic rings. The van der Waals surface area contributed by atoms with Crippen molar-refractivity contribution < 1.29 is 8.42 Å². The highest BCUT2D eigenvalue weighted by molar-refractivity contribution is 7.86. The first-order valence-electron chi connectivity index (χ1n) is 9.33. The minimum atomic E-state index is -1.15. The molecule has 3 aromatic rings. The molecule has 1 heterocycles. The molecule has 0 aliphatic carbocycles. The molecule has 3 unspecified atom stereocenters. The van der Waals surface area contributed by atoms with E-state index >= 15 is 0 Å². The Morgan fingerprint density at radius 1 is 1.03 bits per heavy atom. The molecular weight excluding hydrogens is 424 g/mol. The van der Waals surface area contributed by atoms with Crippen LogP contribution in [0, 0.1) is 0 Å². The summed E-state index contributed by atoms with van der Waals surface area (Å²) in [7, 11) is -2.25. The van der Waals surface area contributed by atoms with Crippen molar-refractivity contribution in [2.45, 2.75) is 48.0 Å². The zero-order valence-corrected chi connectivity index (χ0v) is 19.1. The molecule has 0 saturated heterocycles. The van der Waals surface area contributed by atoms with Crippen molar-refractivity contribution in [1.29, 1.82) is 0 Å². The van der Waals surface area contributed by atoms with Crippen LogP contribution in [0.25, 0.3) is 0 Å². The summed E-state index contributed by atoms with van der Waals surface area (Å²) in [5.41, 5.74) is 1.94. The predicted molar refractivity (Wildman–Crippen MR) is 121 cm³/mol. The summed E-state index contributed by atoms with van der Waals surface area (Å²) in [5, 5.41) is 0.453. The number of halogens is 1. The smallest absolute Gasteiger partial charge is 0.0946 e. The molecule has 0 amide bonds. The molecule has 3 atom stereocenters. The summed E-state index contributed by atoms with van der Waals surface area (Å²) in [6, 6.07) is 15.1. The lowest BCUT2D eigenvalue weighted by molar-refractivity contribution is 0.633. The van der Waals surface area contributed by atoms with E-state index in [1.165, 1.54) is 0 Å². The number of hydrogen-bond donors (Lipinski definition) is 0. The molecule has 0 saturated carbocycles. The first-order valence-corrected chi connectivity index (χ1v) is 12.2. The van der Waals surface area contributed by atoms with E-state index in [9.17, 15) is 8.42 Å². The van der Waals surface area contributed by atoms with Crippen molar-refractivity contribution in [3.05, 3.63) is 83.4 Å². The second-order valence-corrected chi connectivity index (χ2v) is 12.1. The van der Waals surface area contributed by atoms with Crippen LogP contribution >= 0.6 is 11.6 Å². The molecule has 2 aromatic carbocycles. The normalized spacial score (nSPS) is 15.0. The van der Waals surface area contributed by atoms with Crippen LogP contribution in [0.1, 0.15) is 37.1 Å². The van der Waals surface area contributed by atoms with Gasteiger partial charge in [0.1, 0.15) is 0 Å². The van der Waals surface area contributed by atoms with Gasteiger partial charge in [-0.1, -0.05) is 35.9 Å². The standard InChI is InChI=1S/C22H25ClN2O2S2/c1-22(2,3)29(27)20-10-6-18(7-11-20)21(14-25-13-12-24-16-25)28(26)15-17-4-8-19(23)9-5-17/h4-13,16,21H,14-15H2,1-3H3. The zero-order valence-electron chi connectivity index (χ0n) is 16.7. The van der Waals surface area contributed by atoms with Gasteiger partial charge in [0.05, 0.1) is 22.4 Å². The van der Waals surface area contributed by atoms with Gasteiger partial charge in [-0.3, -0.25) is 8.42 Å². The monoisotopic (exact) mass is 448 g/mol. The summed E-state index contributed by atoms with van der Waals surface area (Å²) >= 11 is 5.96. The first-order chi connectivity index (χ1) is 13.7. The van der Waals surface area contributed by atoms with Gasteiger partial charge >= 0.3 is 0 Å². The Balaban J connectivity index is 1.85. The third-order valence-electron chi connectivity index (χ3n) is 4.50. The lowest BCUT2D eigenvalue weighted by Gasteiger charge is -2.20. The molecular formula is C22H25ClN2O2S2. The van der Waals surface area contributed by atoms with E-state index in [0.29, 0.717) is 17.3 Å². The van der Waals surface area contributed by atoms with E-state index < -0.39 is 21.6 Å². The average Bonchev–Trinajstić information content (AvgIpc) is 3.20. The Morgan fingerprint density at radius 2 is 1.69 bits per heavy atom. The van der Waals surface area contributed by atoms with Crippen LogP contribution in [0.4, 0.5) is 0 Å². The van der Waals surface area contributed by atoms with Crippen molar-refractivity contribution in [1.82, 2.24) is 9.55 Å². The first kappa shape index (κ1) is 21.9. The minimum absolute atomic E-state index is 0.211. The maximum Gasteiger partial charge on any atom is 0.0946 e. The van der Waals surface area contributed by atoms with Crippen LogP contribution < -0.4 is 0 Å². The topological polar surface area (TPSA) is 52.0 Å². The highest BCUT2D eigenvalue weighted by Crippen LogP contribution is 2.28. The summed E-state index contributed by atoms with van der Waals surface area (Å²) < 4.78 is 27.5. The van der Waals surface area contributed by atoms with Gasteiger partial charge in [-0.2, -0.15) is 0 Å². The lowest BCUT2D eigenvalue weighted by atomic mass is 10.1. The van der Waals surface area contributed by atoms with Crippen molar-refractivity contribution in [2.75, 3.05) is 0 Å². The van der Waals surface area contributed by atoms with Crippen molar-refractivity contribution in [2.24, 2.45) is 0 Å². The summed E-state index contributed by atoms with van der Waals surface area (Å²) in [6.45, 7) is 6.43. The van der Waals surface area contributed by atoms with Crippen molar-refractivity contribution in [3.63, 3.8) is 0 Å². The lowest BCUT2D eigenvalue weighted by Crippen LogP contribution is -2.21. The largest absolute Gasteiger partial charge is 0.336 e. The Bertz CT molecular complexity index is 979. The number of aromatic nitrogens is 2. The fourth-order valence-electron chi connectivity index (χ4n) is 2.93. The van der Waals surface area contributed by atoms with Gasteiger partial charge in [0, 0.05) is 50.2 Å². The van der Waals surface area contributed by atoms with Crippen LogP contribution in [0.5, 0.6) is 0 Å². The van der Waals surface area contributed by atoms with E-state index in [4.69, 9.17) is 11.6 Å². The second-order valence-electron chi connectivity index (χ2n) is 7.85. The molecule has 4 nitrogen and oxygen atoms in total. The number of imidazole rings is 1. The summed E-state index contributed by atoms with van der Waals surface area (Å²) in [4.78, 5) is 4.88. The molecule has 0 spiro atoms. The number of nitrogens with zero attached hydrogens (tertiary/aromatic N) is 2. The highest BCUT2D eigenvalue weighted by Gasteiger charge is 2.23. The highest BCUT2D eigenvalue weighted by atomic mass is 35.5. The third-order valence-corrected chi connectivity index (χ3v) is 8.24. The Morgan fingerprint density at radius 3 is 2.24 bits per heavy atom. The molecule has 3 rings (SSSR count). The summed E-state index contributed by atoms with van der Waals surface area (Å²) in [5.74, 6) is 0.437. The van der Waals surface area contributed by atoms with Gasteiger partial charge < -0.3 is 4.57 Å². The quantitative estimate of drug-likeness (QED) is 0.503. The maximum atomic E-state index is 13.3. The molecule has 0 N–H and O–H groups in total. The van der Waals surface area contributed by atoms with E-state index in [1.807, 2.05) is 80.1 Å². The Labute approximate surface area is 182 Å². The SMILES string of the molecule is CC(C)(C)S(=O)c1ccc(C(Cn2ccnc2)S(=O)Cc2ccc(Cl)cc2)cc1. The Hall–Kier alpha value is -1.76. The second kappa shape index (κ2) is 9.37. The molecule has 154 valence electrons. The van der Waals surface area contributed by atoms with Gasteiger partial charge in [-0.05, 0) is 56.2 Å². The molecule has 0 radical (unpaired) electrons.